The van der Waals surface area contributed by atoms with Gasteiger partial charge in [-0.3, -0.25) is 13.9 Å². The smallest absolute Gasteiger partial charge is 0.244 e. The molecule has 1 atom stereocenters. The van der Waals surface area contributed by atoms with E-state index in [0.717, 1.165) is 19.7 Å². The molecule has 0 heterocycles. The summed E-state index contributed by atoms with van der Waals surface area (Å²) in [4.78, 5) is 28.0. The van der Waals surface area contributed by atoms with Crippen molar-refractivity contribution in [2.75, 3.05) is 24.2 Å². The number of rotatable bonds is 11. The molecule has 2 aromatic rings. The van der Waals surface area contributed by atoms with Gasteiger partial charge in [-0.25, -0.2) is 8.42 Å². The van der Waals surface area contributed by atoms with Crippen molar-refractivity contribution in [1.29, 1.82) is 0 Å². The third-order valence-corrected chi connectivity index (χ3v) is 6.96. The van der Waals surface area contributed by atoms with Crippen LogP contribution in [0.5, 0.6) is 5.75 Å². The molecule has 1 N–H and O–H groups in total. The van der Waals surface area contributed by atoms with Crippen molar-refractivity contribution < 1.29 is 22.7 Å². The fourth-order valence-electron chi connectivity index (χ4n) is 3.49. The van der Waals surface area contributed by atoms with Gasteiger partial charge in [0.15, 0.2) is 0 Å². The van der Waals surface area contributed by atoms with E-state index in [1.807, 2.05) is 26.8 Å². The molecule has 0 aliphatic heterocycles. The molecule has 0 saturated heterocycles. The second kappa shape index (κ2) is 12.4. The van der Waals surface area contributed by atoms with Crippen LogP contribution < -0.4 is 14.4 Å². The highest BCUT2D eigenvalue weighted by molar-refractivity contribution is 14.1. The molecule has 0 fully saturated rings. The quantitative estimate of drug-likeness (QED) is 0.399. The van der Waals surface area contributed by atoms with Gasteiger partial charge in [0.2, 0.25) is 21.8 Å². The van der Waals surface area contributed by atoms with Crippen LogP contribution in [0.2, 0.25) is 0 Å². The summed E-state index contributed by atoms with van der Waals surface area (Å²) in [5, 5.41) is 2.87. The number of sulfonamides is 1. The normalized spacial score (nSPS) is 12.2. The lowest BCUT2D eigenvalue weighted by molar-refractivity contribution is -0.140. The van der Waals surface area contributed by atoms with E-state index in [1.165, 1.54) is 4.90 Å². The van der Waals surface area contributed by atoms with Crippen LogP contribution in [0, 0.1) is 3.57 Å². The first-order valence-electron chi connectivity index (χ1n) is 10.9. The molecule has 2 amide bonds. The van der Waals surface area contributed by atoms with E-state index >= 15 is 0 Å². The van der Waals surface area contributed by atoms with E-state index in [-0.39, 0.29) is 18.5 Å². The number of nitrogens with zero attached hydrogens (tertiary/aromatic N) is 2. The second-order valence-corrected chi connectivity index (χ2v) is 11.4. The summed E-state index contributed by atoms with van der Waals surface area (Å²) >= 11 is 2.13. The number of ether oxygens (including phenoxy) is 1. The van der Waals surface area contributed by atoms with Gasteiger partial charge in [-0.1, -0.05) is 19.1 Å². The molecule has 0 saturated carbocycles. The zero-order chi connectivity index (χ0) is 25.5. The molecule has 1 unspecified atom stereocenters. The van der Waals surface area contributed by atoms with Crippen LogP contribution in [0.1, 0.15) is 32.8 Å². The molecule has 0 spiro atoms. The van der Waals surface area contributed by atoms with E-state index in [0.29, 0.717) is 17.9 Å². The third-order valence-electron chi connectivity index (χ3n) is 5.10. The Hall–Kier alpha value is -2.34. The molecular weight excluding hydrogens is 569 g/mol. The molecule has 0 aliphatic rings. The monoisotopic (exact) mass is 601 g/mol. The molecule has 0 aromatic heterocycles. The van der Waals surface area contributed by atoms with E-state index in [2.05, 4.69) is 27.9 Å². The van der Waals surface area contributed by atoms with E-state index in [9.17, 15) is 18.0 Å². The second-order valence-electron chi connectivity index (χ2n) is 8.21. The van der Waals surface area contributed by atoms with Crippen molar-refractivity contribution in [2.45, 2.75) is 45.8 Å². The van der Waals surface area contributed by atoms with Crippen LogP contribution in [-0.4, -0.2) is 57.1 Å². The van der Waals surface area contributed by atoms with Crippen molar-refractivity contribution in [3.63, 3.8) is 0 Å². The number of hydrogen-bond donors (Lipinski definition) is 1. The van der Waals surface area contributed by atoms with Crippen LogP contribution in [0.15, 0.2) is 48.5 Å². The van der Waals surface area contributed by atoms with Crippen molar-refractivity contribution in [2.24, 2.45) is 0 Å². The number of nitrogens with one attached hydrogen (secondary N) is 1. The first-order chi connectivity index (χ1) is 16.0. The fourth-order valence-corrected chi connectivity index (χ4v) is 4.70. The first kappa shape index (κ1) is 27.9. The Labute approximate surface area is 215 Å². The number of amides is 2. The molecule has 2 aromatic carbocycles. The predicted octanol–water partition coefficient (Wildman–Crippen LogP) is 3.40. The highest BCUT2D eigenvalue weighted by Gasteiger charge is 2.32. The minimum absolute atomic E-state index is 0.102. The standard InChI is InChI=1S/C24H32IN3O5S/c1-6-22(24(30)26-17(2)3)27(15-18-8-7-9-21(14-18)33-4)23(29)16-28(34(5,31)32)20-12-10-19(25)11-13-20/h7-14,17,22H,6,15-16H2,1-5H3,(H,26,30). The van der Waals surface area contributed by atoms with Gasteiger partial charge in [-0.05, 0) is 84.8 Å². The lowest BCUT2D eigenvalue weighted by Gasteiger charge is -2.33. The van der Waals surface area contributed by atoms with Crippen LogP contribution in [-0.2, 0) is 26.2 Å². The molecule has 0 bridgehead atoms. The van der Waals surface area contributed by atoms with Gasteiger partial charge in [0.25, 0.3) is 0 Å². The van der Waals surface area contributed by atoms with E-state index in [1.54, 1.807) is 49.6 Å². The van der Waals surface area contributed by atoms with E-state index < -0.39 is 28.5 Å². The summed E-state index contributed by atoms with van der Waals surface area (Å²) in [5.74, 6) is -0.132. The number of carbonyl (C=O) groups excluding carboxylic acids is 2. The maximum Gasteiger partial charge on any atom is 0.244 e. The summed E-state index contributed by atoms with van der Waals surface area (Å²) < 4.78 is 32.5. The third kappa shape index (κ3) is 7.86. The highest BCUT2D eigenvalue weighted by Crippen LogP contribution is 2.22. The predicted molar refractivity (Wildman–Crippen MR) is 142 cm³/mol. The van der Waals surface area contributed by atoms with Gasteiger partial charge in [-0.2, -0.15) is 0 Å². The Morgan fingerprint density at radius 2 is 1.76 bits per heavy atom. The molecule has 8 nitrogen and oxygen atoms in total. The molecule has 2 rings (SSSR count). The molecule has 34 heavy (non-hydrogen) atoms. The van der Waals surface area contributed by atoms with Gasteiger partial charge in [0.1, 0.15) is 18.3 Å². The molecule has 0 radical (unpaired) electrons. The largest absolute Gasteiger partial charge is 0.497 e. The maximum atomic E-state index is 13.6. The Balaban J connectivity index is 2.44. The summed E-state index contributed by atoms with van der Waals surface area (Å²) in [5.41, 5.74) is 1.15. The number of carbonyl (C=O) groups is 2. The Kier molecular flexibility index (Phi) is 10.2. The van der Waals surface area contributed by atoms with Crippen LogP contribution in [0.4, 0.5) is 5.69 Å². The number of benzene rings is 2. The summed E-state index contributed by atoms with van der Waals surface area (Å²) in [6.07, 6.45) is 1.43. The van der Waals surface area contributed by atoms with E-state index in [4.69, 9.17) is 4.74 Å². The van der Waals surface area contributed by atoms with Crippen molar-refractivity contribution in [3.8, 4) is 5.75 Å². The topological polar surface area (TPSA) is 96.0 Å². The molecule has 186 valence electrons. The molecule has 10 heteroatoms. The molecular formula is C24H32IN3O5S. The summed E-state index contributed by atoms with van der Waals surface area (Å²) in [6.45, 7) is 5.23. The van der Waals surface area contributed by atoms with Gasteiger partial charge in [0.05, 0.1) is 19.1 Å². The van der Waals surface area contributed by atoms with Crippen LogP contribution in [0.3, 0.4) is 0 Å². The number of halogens is 1. The highest BCUT2D eigenvalue weighted by atomic mass is 127. The maximum absolute atomic E-state index is 13.6. The minimum Gasteiger partial charge on any atom is -0.497 e. The summed E-state index contributed by atoms with van der Waals surface area (Å²) in [6, 6.07) is 13.2. The zero-order valence-electron chi connectivity index (χ0n) is 20.1. The van der Waals surface area contributed by atoms with Crippen molar-refractivity contribution in [3.05, 3.63) is 57.7 Å². The average Bonchev–Trinajstić information content (AvgIpc) is 2.76. The Morgan fingerprint density at radius 3 is 2.29 bits per heavy atom. The zero-order valence-corrected chi connectivity index (χ0v) is 23.1. The Bertz CT molecular complexity index is 1090. The van der Waals surface area contributed by atoms with Crippen LogP contribution in [0.25, 0.3) is 0 Å². The summed E-state index contributed by atoms with van der Waals surface area (Å²) in [7, 11) is -2.20. The average molecular weight is 602 g/mol. The van der Waals surface area contributed by atoms with Gasteiger partial charge in [0, 0.05) is 16.2 Å². The fraction of sp³-hybridized carbons (Fsp3) is 0.417. The van der Waals surface area contributed by atoms with Crippen molar-refractivity contribution in [1.82, 2.24) is 10.2 Å². The van der Waals surface area contributed by atoms with Gasteiger partial charge < -0.3 is 15.0 Å². The number of anilines is 1. The first-order valence-corrected chi connectivity index (χ1v) is 13.8. The number of methoxy groups -OCH3 is 1. The van der Waals surface area contributed by atoms with Gasteiger partial charge in [-0.15, -0.1) is 0 Å². The van der Waals surface area contributed by atoms with Gasteiger partial charge >= 0.3 is 0 Å². The molecule has 0 aliphatic carbocycles. The van der Waals surface area contributed by atoms with Crippen molar-refractivity contribution >= 4 is 50.1 Å². The van der Waals surface area contributed by atoms with Crippen LogP contribution >= 0.6 is 22.6 Å². The SMILES string of the molecule is CCC(C(=O)NC(C)C)N(Cc1cccc(OC)c1)C(=O)CN(c1ccc(I)cc1)S(C)(=O)=O. The lowest BCUT2D eigenvalue weighted by atomic mass is 10.1. The minimum atomic E-state index is -3.75. The Morgan fingerprint density at radius 1 is 1.12 bits per heavy atom. The number of hydrogen-bond acceptors (Lipinski definition) is 5. The lowest BCUT2D eigenvalue weighted by Crippen LogP contribution is -2.53.